The zero-order valence-corrected chi connectivity index (χ0v) is 12.8. The van der Waals surface area contributed by atoms with Crippen LogP contribution in [0.1, 0.15) is 31.7 Å². The van der Waals surface area contributed by atoms with Gasteiger partial charge in [-0.15, -0.1) is 0 Å². The van der Waals surface area contributed by atoms with E-state index in [-0.39, 0.29) is 18.3 Å². The molecular weight excluding hydrogens is 281 g/mol. The smallest absolute Gasteiger partial charge is 0.262 e. The van der Waals surface area contributed by atoms with Gasteiger partial charge in [0, 0.05) is 5.69 Å². The van der Waals surface area contributed by atoms with Crippen molar-refractivity contribution in [2.75, 3.05) is 11.9 Å². The summed E-state index contributed by atoms with van der Waals surface area (Å²) in [6.45, 7) is 3.99. The van der Waals surface area contributed by atoms with Crippen molar-refractivity contribution in [3.05, 3.63) is 59.9 Å². The van der Waals surface area contributed by atoms with E-state index in [1.54, 1.807) is 12.1 Å². The van der Waals surface area contributed by atoms with E-state index in [2.05, 4.69) is 19.2 Å². The van der Waals surface area contributed by atoms with Gasteiger partial charge in [-0.25, -0.2) is 4.39 Å². The van der Waals surface area contributed by atoms with Gasteiger partial charge in [-0.05, 0) is 36.1 Å². The van der Waals surface area contributed by atoms with Crippen molar-refractivity contribution in [2.24, 2.45) is 0 Å². The fraction of sp³-hybridized carbons (Fsp3) is 0.278. The zero-order valence-electron chi connectivity index (χ0n) is 12.8. The Morgan fingerprint density at radius 3 is 2.59 bits per heavy atom. The molecule has 4 heteroatoms. The number of hydrogen-bond acceptors (Lipinski definition) is 2. The topological polar surface area (TPSA) is 38.3 Å². The number of hydrogen-bond donors (Lipinski definition) is 1. The number of benzene rings is 2. The number of halogens is 1. The van der Waals surface area contributed by atoms with Crippen LogP contribution in [0.15, 0.2) is 48.5 Å². The second kappa shape index (κ2) is 7.59. The first-order valence-electron chi connectivity index (χ1n) is 7.38. The Morgan fingerprint density at radius 1 is 1.18 bits per heavy atom. The van der Waals surface area contributed by atoms with Crippen LogP contribution < -0.4 is 10.1 Å². The molecule has 0 unspecified atom stereocenters. The lowest BCUT2D eigenvalue weighted by Gasteiger charge is -2.15. The number of carbonyl (C=O) groups is 1. The van der Waals surface area contributed by atoms with E-state index < -0.39 is 5.82 Å². The summed E-state index contributed by atoms with van der Waals surface area (Å²) in [6, 6.07) is 13.7. The fourth-order valence-electron chi connectivity index (χ4n) is 2.15. The number of anilines is 1. The maximum atomic E-state index is 13.4. The normalized spacial score (nSPS) is 11.8. The largest absolute Gasteiger partial charge is 0.481 e. The molecular formula is C18H20FNO2. The Labute approximate surface area is 130 Å². The highest BCUT2D eigenvalue weighted by atomic mass is 19.1. The standard InChI is InChI=1S/C18H20FNO2/c1-3-13(2)14-8-4-6-10-16(14)20-18(21)12-22-17-11-7-5-9-15(17)19/h4-11,13H,3,12H2,1-2H3,(H,20,21)/t13-/m0/s1. The first-order valence-corrected chi connectivity index (χ1v) is 7.38. The highest BCUT2D eigenvalue weighted by molar-refractivity contribution is 5.92. The predicted octanol–water partition coefficient (Wildman–Crippen LogP) is 4.36. The summed E-state index contributed by atoms with van der Waals surface area (Å²) in [7, 11) is 0. The molecule has 0 aliphatic carbocycles. The lowest BCUT2D eigenvalue weighted by atomic mass is 9.97. The number of rotatable bonds is 6. The van der Waals surface area contributed by atoms with Crippen LogP contribution in [0.4, 0.5) is 10.1 Å². The number of carbonyl (C=O) groups excluding carboxylic acids is 1. The van der Waals surface area contributed by atoms with Crippen molar-refractivity contribution in [1.29, 1.82) is 0 Å². The summed E-state index contributed by atoms with van der Waals surface area (Å²) >= 11 is 0. The molecule has 0 bridgehead atoms. The Balaban J connectivity index is 1.99. The molecule has 0 radical (unpaired) electrons. The van der Waals surface area contributed by atoms with Gasteiger partial charge in [0.1, 0.15) is 0 Å². The lowest BCUT2D eigenvalue weighted by Crippen LogP contribution is -2.21. The van der Waals surface area contributed by atoms with Gasteiger partial charge in [0.15, 0.2) is 18.2 Å². The minimum Gasteiger partial charge on any atom is -0.481 e. The minimum atomic E-state index is -0.477. The molecule has 0 saturated carbocycles. The van der Waals surface area contributed by atoms with Crippen LogP contribution in [0, 0.1) is 5.82 Å². The molecule has 1 N–H and O–H groups in total. The summed E-state index contributed by atoms with van der Waals surface area (Å²) in [5, 5.41) is 2.83. The number of ether oxygens (including phenoxy) is 1. The Hall–Kier alpha value is -2.36. The average Bonchev–Trinajstić information content (AvgIpc) is 2.54. The van der Waals surface area contributed by atoms with E-state index in [4.69, 9.17) is 4.74 Å². The van der Waals surface area contributed by atoms with Crippen molar-refractivity contribution in [1.82, 2.24) is 0 Å². The van der Waals surface area contributed by atoms with E-state index in [0.717, 1.165) is 17.7 Å². The van der Waals surface area contributed by atoms with Crippen LogP contribution in [0.3, 0.4) is 0 Å². The summed E-state index contributed by atoms with van der Waals surface area (Å²) < 4.78 is 18.6. The molecule has 0 fully saturated rings. The van der Waals surface area contributed by atoms with Gasteiger partial charge in [-0.1, -0.05) is 44.2 Å². The summed E-state index contributed by atoms with van der Waals surface area (Å²) in [4.78, 5) is 12.0. The van der Waals surface area contributed by atoms with Crippen molar-refractivity contribution in [3.8, 4) is 5.75 Å². The molecule has 0 aliphatic rings. The van der Waals surface area contributed by atoms with Crippen LogP contribution in [0.25, 0.3) is 0 Å². The fourth-order valence-corrected chi connectivity index (χ4v) is 2.15. The molecule has 0 saturated heterocycles. The van der Waals surface area contributed by atoms with Crippen molar-refractivity contribution < 1.29 is 13.9 Å². The Kier molecular flexibility index (Phi) is 5.53. The van der Waals surface area contributed by atoms with Crippen LogP contribution >= 0.6 is 0 Å². The third-order valence-corrected chi connectivity index (χ3v) is 3.57. The zero-order chi connectivity index (χ0) is 15.9. The SMILES string of the molecule is CC[C@H](C)c1ccccc1NC(=O)COc1ccccc1F. The number of para-hydroxylation sites is 2. The van der Waals surface area contributed by atoms with Crippen LogP contribution in [0.2, 0.25) is 0 Å². The van der Waals surface area contributed by atoms with Crippen LogP contribution in [-0.4, -0.2) is 12.5 Å². The van der Waals surface area contributed by atoms with Gasteiger partial charge >= 0.3 is 0 Å². The van der Waals surface area contributed by atoms with E-state index in [1.807, 2.05) is 24.3 Å². The van der Waals surface area contributed by atoms with Gasteiger partial charge in [0.05, 0.1) is 0 Å². The average molecular weight is 301 g/mol. The third kappa shape index (κ3) is 4.07. The van der Waals surface area contributed by atoms with Gasteiger partial charge in [-0.2, -0.15) is 0 Å². The first-order chi connectivity index (χ1) is 10.6. The van der Waals surface area contributed by atoms with Gasteiger partial charge in [0.2, 0.25) is 0 Å². The summed E-state index contributed by atoms with van der Waals surface area (Å²) in [5.41, 5.74) is 1.86. The Morgan fingerprint density at radius 2 is 1.86 bits per heavy atom. The Bertz CT molecular complexity index is 642. The number of amides is 1. The maximum absolute atomic E-state index is 13.4. The monoisotopic (exact) mass is 301 g/mol. The van der Waals surface area contributed by atoms with Crippen molar-refractivity contribution in [2.45, 2.75) is 26.2 Å². The van der Waals surface area contributed by atoms with E-state index in [0.29, 0.717) is 5.92 Å². The quantitative estimate of drug-likeness (QED) is 0.861. The van der Waals surface area contributed by atoms with Gasteiger partial charge in [-0.3, -0.25) is 4.79 Å². The molecule has 2 aromatic rings. The van der Waals surface area contributed by atoms with Gasteiger partial charge in [0.25, 0.3) is 5.91 Å². The van der Waals surface area contributed by atoms with E-state index in [1.165, 1.54) is 12.1 Å². The van der Waals surface area contributed by atoms with Crippen LogP contribution in [0.5, 0.6) is 5.75 Å². The summed E-state index contributed by atoms with van der Waals surface area (Å²) in [5.74, 6) is -0.355. The molecule has 1 amide bonds. The van der Waals surface area contributed by atoms with E-state index in [9.17, 15) is 9.18 Å². The lowest BCUT2D eigenvalue weighted by molar-refractivity contribution is -0.118. The van der Waals surface area contributed by atoms with Gasteiger partial charge < -0.3 is 10.1 Å². The van der Waals surface area contributed by atoms with E-state index >= 15 is 0 Å². The molecule has 116 valence electrons. The maximum Gasteiger partial charge on any atom is 0.262 e. The number of nitrogens with one attached hydrogen (secondary N) is 1. The molecule has 0 spiro atoms. The van der Waals surface area contributed by atoms with Crippen molar-refractivity contribution >= 4 is 11.6 Å². The molecule has 1 atom stereocenters. The highest BCUT2D eigenvalue weighted by Gasteiger charge is 2.12. The molecule has 3 nitrogen and oxygen atoms in total. The second-order valence-corrected chi connectivity index (χ2v) is 5.16. The van der Waals surface area contributed by atoms with Crippen molar-refractivity contribution in [3.63, 3.8) is 0 Å². The molecule has 2 rings (SSSR count). The molecule has 2 aromatic carbocycles. The highest BCUT2D eigenvalue weighted by Crippen LogP contribution is 2.26. The molecule has 22 heavy (non-hydrogen) atoms. The second-order valence-electron chi connectivity index (χ2n) is 5.16. The predicted molar refractivity (Wildman–Crippen MR) is 85.7 cm³/mol. The first kappa shape index (κ1) is 16.0. The summed E-state index contributed by atoms with van der Waals surface area (Å²) in [6.07, 6.45) is 0.985. The minimum absolute atomic E-state index is 0.0767. The molecule has 0 aliphatic heterocycles. The molecule has 0 heterocycles. The van der Waals surface area contributed by atoms with Crippen LogP contribution in [-0.2, 0) is 4.79 Å². The third-order valence-electron chi connectivity index (χ3n) is 3.57. The molecule has 0 aromatic heterocycles.